The molecule has 0 spiro atoms. The second kappa shape index (κ2) is 7.95. The average Bonchev–Trinajstić information content (AvgIpc) is 2.90. The molecule has 0 aliphatic carbocycles. The minimum atomic E-state index is -0.620. The third-order valence-electron chi connectivity index (χ3n) is 2.91. The lowest BCUT2D eigenvalue weighted by Crippen LogP contribution is -2.19. The molecule has 1 aromatic carbocycles. The summed E-state index contributed by atoms with van der Waals surface area (Å²) in [6.45, 7) is 3.12. The lowest BCUT2D eigenvalue weighted by Gasteiger charge is -2.11. The summed E-state index contributed by atoms with van der Waals surface area (Å²) in [5.41, 5.74) is 0.794. The molecular weight excluding hydrogens is 404 g/mol. The number of halogens is 2. The molecule has 0 aliphatic heterocycles. The van der Waals surface area contributed by atoms with E-state index in [1.54, 1.807) is 12.1 Å². The number of esters is 1. The fourth-order valence-electron chi connectivity index (χ4n) is 1.85. The molecule has 0 aliphatic rings. The summed E-state index contributed by atoms with van der Waals surface area (Å²) in [4.78, 5) is 25.2. The van der Waals surface area contributed by atoms with Gasteiger partial charge in [-0.1, -0.05) is 27.5 Å². The first kappa shape index (κ1) is 18.0. The molecule has 0 atom stereocenters. The number of ether oxygens (including phenoxy) is 2. The number of rotatable bonds is 6. The molecule has 0 unspecified atom stereocenters. The quantitative estimate of drug-likeness (QED) is 0.510. The Morgan fingerprint density at radius 1 is 1.22 bits per heavy atom. The van der Waals surface area contributed by atoms with Crippen molar-refractivity contribution in [2.45, 2.75) is 13.8 Å². The molecule has 7 heteroatoms. The topological polar surface area (TPSA) is 52.6 Å². The van der Waals surface area contributed by atoms with Gasteiger partial charge in [0.25, 0.3) is 0 Å². The van der Waals surface area contributed by atoms with Crippen molar-refractivity contribution >= 4 is 50.6 Å². The number of Topliss-reactive ketones (excluding diaryl/α,β-unsaturated/α-hetero) is 1. The molecule has 0 amide bonds. The summed E-state index contributed by atoms with van der Waals surface area (Å²) in [5, 5.41) is 0.398. The molecule has 122 valence electrons. The van der Waals surface area contributed by atoms with Gasteiger partial charge in [0.1, 0.15) is 5.75 Å². The Labute approximate surface area is 151 Å². The molecule has 1 aromatic heterocycles. The minimum Gasteiger partial charge on any atom is -0.480 e. The lowest BCUT2D eigenvalue weighted by atomic mass is 10.2. The summed E-state index contributed by atoms with van der Waals surface area (Å²) < 4.78 is 11.1. The van der Waals surface area contributed by atoms with E-state index in [0.717, 1.165) is 14.9 Å². The fourth-order valence-corrected chi connectivity index (χ4v) is 3.66. The molecule has 2 aromatic rings. The Balaban J connectivity index is 1.85. The Hall–Kier alpha value is -1.37. The summed E-state index contributed by atoms with van der Waals surface area (Å²) >= 11 is 10.8. The zero-order valence-electron chi connectivity index (χ0n) is 12.5. The maximum atomic E-state index is 11.8. The first-order chi connectivity index (χ1) is 10.9. The van der Waals surface area contributed by atoms with E-state index in [2.05, 4.69) is 15.9 Å². The van der Waals surface area contributed by atoms with Gasteiger partial charge in [0.2, 0.25) is 5.78 Å². The van der Waals surface area contributed by atoms with Crippen molar-refractivity contribution < 1.29 is 19.1 Å². The van der Waals surface area contributed by atoms with Crippen molar-refractivity contribution in [3.05, 3.63) is 49.1 Å². The third-order valence-corrected chi connectivity index (χ3v) is 4.69. The van der Waals surface area contributed by atoms with Gasteiger partial charge in [-0.2, -0.15) is 0 Å². The smallest absolute Gasteiger partial charge is 0.344 e. The Morgan fingerprint density at radius 2 is 1.96 bits per heavy atom. The number of aryl methyl sites for hydroxylation is 2. The maximum absolute atomic E-state index is 11.8. The summed E-state index contributed by atoms with van der Waals surface area (Å²) in [6.07, 6.45) is 0. The van der Waals surface area contributed by atoms with Crippen LogP contribution in [0, 0.1) is 13.8 Å². The van der Waals surface area contributed by atoms with Crippen LogP contribution in [0.3, 0.4) is 0 Å². The zero-order chi connectivity index (χ0) is 17.0. The summed E-state index contributed by atoms with van der Waals surface area (Å²) in [5.74, 6) is -0.425. The molecular formula is C16H14BrClO4S. The number of benzene rings is 1. The number of hydrogen-bond donors (Lipinski definition) is 0. The highest BCUT2D eigenvalue weighted by atomic mass is 79.9. The molecule has 23 heavy (non-hydrogen) atoms. The SMILES string of the molecule is Cc1ccc(C(=O)COC(=O)COc2c(C)cc(Br)cc2Cl)s1. The van der Waals surface area contributed by atoms with Gasteiger partial charge in [0.05, 0.1) is 9.90 Å². The number of hydrogen-bond acceptors (Lipinski definition) is 5. The van der Waals surface area contributed by atoms with Crippen LogP contribution in [0.4, 0.5) is 0 Å². The molecule has 2 rings (SSSR count). The molecule has 0 saturated carbocycles. The van der Waals surface area contributed by atoms with Crippen molar-refractivity contribution in [3.63, 3.8) is 0 Å². The first-order valence-corrected chi connectivity index (χ1v) is 8.69. The van der Waals surface area contributed by atoms with Crippen LogP contribution in [-0.2, 0) is 9.53 Å². The highest BCUT2D eigenvalue weighted by molar-refractivity contribution is 9.10. The Morgan fingerprint density at radius 3 is 2.57 bits per heavy atom. The van der Waals surface area contributed by atoms with Gasteiger partial charge >= 0.3 is 5.97 Å². The number of thiophene rings is 1. The molecule has 1 heterocycles. The van der Waals surface area contributed by atoms with Crippen molar-refractivity contribution in [1.82, 2.24) is 0 Å². The fraction of sp³-hybridized carbons (Fsp3) is 0.250. The average molecular weight is 418 g/mol. The highest BCUT2D eigenvalue weighted by Gasteiger charge is 2.14. The normalized spacial score (nSPS) is 10.4. The van der Waals surface area contributed by atoms with Gasteiger partial charge in [0, 0.05) is 9.35 Å². The molecule has 0 saturated heterocycles. The molecule has 0 bridgehead atoms. The molecule has 4 nitrogen and oxygen atoms in total. The van der Waals surface area contributed by atoms with Gasteiger partial charge in [0.15, 0.2) is 13.2 Å². The molecule has 0 N–H and O–H groups in total. The van der Waals surface area contributed by atoms with Gasteiger partial charge in [-0.15, -0.1) is 11.3 Å². The van der Waals surface area contributed by atoms with E-state index in [-0.39, 0.29) is 19.0 Å². The lowest BCUT2D eigenvalue weighted by molar-refractivity contribution is -0.144. The van der Waals surface area contributed by atoms with Gasteiger partial charge in [-0.05, 0) is 43.7 Å². The monoisotopic (exact) mass is 416 g/mol. The molecule has 0 radical (unpaired) electrons. The molecule has 0 fully saturated rings. The van der Waals surface area contributed by atoms with Crippen LogP contribution >= 0.6 is 38.9 Å². The van der Waals surface area contributed by atoms with Crippen LogP contribution in [-0.4, -0.2) is 25.0 Å². The van der Waals surface area contributed by atoms with Crippen LogP contribution in [0.25, 0.3) is 0 Å². The van der Waals surface area contributed by atoms with Crippen LogP contribution in [0.15, 0.2) is 28.7 Å². The van der Waals surface area contributed by atoms with Crippen LogP contribution in [0.2, 0.25) is 5.02 Å². The van der Waals surface area contributed by atoms with Crippen molar-refractivity contribution in [1.29, 1.82) is 0 Å². The first-order valence-electron chi connectivity index (χ1n) is 6.70. The highest BCUT2D eigenvalue weighted by Crippen LogP contribution is 2.31. The van der Waals surface area contributed by atoms with Crippen LogP contribution in [0.1, 0.15) is 20.1 Å². The predicted octanol–water partition coefficient (Wildman–Crippen LogP) is 4.59. The van der Waals surface area contributed by atoms with E-state index in [0.29, 0.717) is 15.6 Å². The number of ketones is 1. The summed E-state index contributed by atoms with van der Waals surface area (Å²) in [7, 11) is 0. The third kappa shape index (κ3) is 5.06. The van der Waals surface area contributed by atoms with E-state index in [1.807, 2.05) is 26.0 Å². The minimum absolute atomic E-state index is 0.227. The van der Waals surface area contributed by atoms with E-state index in [9.17, 15) is 9.59 Å². The van der Waals surface area contributed by atoms with Gasteiger partial charge < -0.3 is 9.47 Å². The summed E-state index contributed by atoms with van der Waals surface area (Å²) in [6, 6.07) is 7.08. The predicted molar refractivity (Wildman–Crippen MR) is 93.7 cm³/mol. The number of carbonyl (C=O) groups is 2. The van der Waals surface area contributed by atoms with Crippen molar-refractivity contribution in [3.8, 4) is 5.75 Å². The van der Waals surface area contributed by atoms with E-state index in [1.165, 1.54) is 11.3 Å². The second-order valence-electron chi connectivity index (χ2n) is 4.82. The van der Waals surface area contributed by atoms with Gasteiger partial charge in [-0.25, -0.2) is 4.79 Å². The Kier molecular flexibility index (Phi) is 6.21. The zero-order valence-corrected chi connectivity index (χ0v) is 15.7. The largest absolute Gasteiger partial charge is 0.480 e. The van der Waals surface area contributed by atoms with Crippen LogP contribution < -0.4 is 4.74 Å². The van der Waals surface area contributed by atoms with Crippen molar-refractivity contribution in [2.75, 3.05) is 13.2 Å². The Bertz CT molecular complexity index is 718. The standard InChI is InChI=1S/C16H14BrClO4S/c1-9-5-11(17)6-12(18)16(9)22-8-15(20)21-7-13(19)14-4-3-10(2)23-14/h3-6H,7-8H2,1-2H3. The van der Waals surface area contributed by atoms with E-state index < -0.39 is 5.97 Å². The van der Waals surface area contributed by atoms with Crippen LogP contribution in [0.5, 0.6) is 5.75 Å². The maximum Gasteiger partial charge on any atom is 0.344 e. The van der Waals surface area contributed by atoms with Gasteiger partial charge in [-0.3, -0.25) is 4.79 Å². The second-order valence-corrected chi connectivity index (χ2v) is 7.43. The van der Waals surface area contributed by atoms with E-state index >= 15 is 0 Å². The number of carbonyl (C=O) groups excluding carboxylic acids is 2. The van der Waals surface area contributed by atoms with Crippen molar-refractivity contribution in [2.24, 2.45) is 0 Å². The van der Waals surface area contributed by atoms with E-state index in [4.69, 9.17) is 21.1 Å².